The van der Waals surface area contributed by atoms with E-state index in [-0.39, 0.29) is 34.1 Å². The molecule has 7 nitrogen and oxygen atoms in total. The van der Waals surface area contributed by atoms with Crippen LogP contribution in [0.1, 0.15) is 27.1 Å². The largest absolute Gasteiger partial charge is 0.508 e. The molecule has 2 aromatic carbocycles. The number of aromatic hydroxyl groups is 1. The van der Waals surface area contributed by atoms with Gasteiger partial charge in [0.15, 0.2) is 0 Å². The molecule has 0 spiro atoms. The fraction of sp³-hybridized carbons (Fsp3) is 0.158. The molecular weight excluding hydrogens is 421 g/mol. The number of nitrogens with zero attached hydrogens (tertiary/aromatic N) is 3. The van der Waals surface area contributed by atoms with Crippen molar-refractivity contribution in [2.24, 2.45) is 0 Å². The Hall–Kier alpha value is -3.34. The van der Waals surface area contributed by atoms with E-state index in [1.807, 2.05) is 0 Å². The number of thioether (sulfide) groups is 1. The van der Waals surface area contributed by atoms with Gasteiger partial charge in [0, 0.05) is 11.6 Å². The van der Waals surface area contributed by atoms with Gasteiger partial charge in [0.1, 0.15) is 11.1 Å². The zero-order valence-electron chi connectivity index (χ0n) is 15.1. The number of hydrogen-bond donors (Lipinski definition) is 2. The summed E-state index contributed by atoms with van der Waals surface area (Å²) in [6, 6.07) is 9.15. The minimum atomic E-state index is -4.50. The molecule has 1 saturated heterocycles. The Labute approximate surface area is 171 Å². The first-order valence-electron chi connectivity index (χ1n) is 8.60. The maximum Gasteiger partial charge on any atom is 0.416 e. The Balaban J connectivity index is 1.57. The number of fused-ring (bicyclic) bond motifs is 1. The Kier molecular flexibility index (Phi) is 4.98. The summed E-state index contributed by atoms with van der Waals surface area (Å²) in [4.78, 5) is 32.7. The van der Waals surface area contributed by atoms with Gasteiger partial charge in [0.2, 0.25) is 5.82 Å². The highest BCUT2D eigenvalue weighted by atomic mass is 32.2. The van der Waals surface area contributed by atoms with Crippen LogP contribution in [0.25, 0.3) is 10.9 Å². The van der Waals surface area contributed by atoms with Gasteiger partial charge in [0.25, 0.3) is 5.91 Å². The van der Waals surface area contributed by atoms with Crippen molar-refractivity contribution in [2.45, 2.75) is 11.6 Å². The molecule has 154 valence electrons. The maximum atomic E-state index is 12.8. The molecule has 0 saturated carbocycles. The number of carbonyl (C=O) groups excluding carboxylic acids is 2. The van der Waals surface area contributed by atoms with Crippen molar-refractivity contribution in [1.82, 2.24) is 20.4 Å². The molecule has 2 amide bonds. The number of benzene rings is 2. The third-order valence-electron chi connectivity index (χ3n) is 4.38. The summed E-state index contributed by atoms with van der Waals surface area (Å²) in [5.41, 5.74) is 2.49. The van der Waals surface area contributed by atoms with Crippen LogP contribution >= 0.6 is 11.8 Å². The normalized spacial score (nSPS) is 16.8. The van der Waals surface area contributed by atoms with E-state index < -0.39 is 23.0 Å². The Bertz CT molecular complexity index is 1140. The zero-order chi connectivity index (χ0) is 21.5. The second kappa shape index (κ2) is 7.48. The van der Waals surface area contributed by atoms with E-state index >= 15 is 0 Å². The summed E-state index contributed by atoms with van der Waals surface area (Å²) in [6.07, 6.45) is -3.37. The highest BCUT2D eigenvalue weighted by Gasteiger charge is 2.35. The maximum absolute atomic E-state index is 12.8. The van der Waals surface area contributed by atoms with Crippen LogP contribution in [-0.2, 0) is 11.0 Å². The minimum Gasteiger partial charge on any atom is -0.508 e. The lowest BCUT2D eigenvalue weighted by Crippen LogP contribution is -2.45. The minimum absolute atomic E-state index is 0.0712. The summed E-state index contributed by atoms with van der Waals surface area (Å²) in [6.45, 7) is 0. The van der Waals surface area contributed by atoms with Gasteiger partial charge >= 0.3 is 12.1 Å². The Morgan fingerprint density at radius 3 is 2.63 bits per heavy atom. The van der Waals surface area contributed by atoms with Gasteiger partial charge in [-0.3, -0.25) is 15.0 Å². The molecule has 2 heterocycles. The number of phenols is 1. The molecule has 0 radical (unpaired) electrons. The van der Waals surface area contributed by atoms with Crippen molar-refractivity contribution in [3.05, 3.63) is 65.6 Å². The molecule has 4 rings (SSSR count). The van der Waals surface area contributed by atoms with E-state index in [9.17, 15) is 27.9 Å². The SMILES string of the molecule is O=C(NN1C(=O)CSC1c1ccc(O)cc1)c1ncc2cc(C(F)(F)F)ccc2n1. The first-order valence-corrected chi connectivity index (χ1v) is 9.65. The average molecular weight is 434 g/mol. The van der Waals surface area contributed by atoms with Gasteiger partial charge in [-0.1, -0.05) is 12.1 Å². The molecule has 1 aromatic heterocycles. The number of halogens is 3. The molecule has 30 heavy (non-hydrogen) atoms. The second-order valence-electron chi connectivity index (χ2n) is 6.42. The first kappa shape index (κ1) is 20.0. The fourth-order valence-corrected chi connectivity index (χ4v) is 4.02. The van der Waals surface area contributed by atoms with Gasteiger partial charge in [-0.15, -0.1) is 11.8 Å². The Morgan fingerprint density at radius 2 is 1.93 bits per heavy atom. The molecule has 2 N–H and O–H groups in total. The van der Waals surface area contributed by atoms with E-state index in [1.54, 1.807) is 12.1 Å². The van der Waals surface area contributed by atoms with Gasteiger partial charge in [-0.05, 0) is 35.9 Å². The number of carbonyl (C=O) groups is 2. The summed E-state index contributed by atoms with van der Waals surface area (Å²) in [5, 5.41) is 10.2. The summed E-state index contributed by atoms with van der Waals surface area (Å²) in [5.74, 6) is -1.17. The predicted molar refractivity (Wildman–Crippen MR) is 102 cm³/mol. The van der Waals surface area contributed by atoms with E-state index in [4.69, 9.17) is 0 Å². The molecule has 1 unspecified atom stereocenters. The van der Waals surface area contributed by atoms with Crippen LogP contribution in [-0.4, -0.2) is 37.7 Å². The van der Waals surface area contributed by atoms with Crippen LogP contribution < -0.4 is 5.43 Å². The molecule has 1 atom stereocenters. The standard InChI is InChI=1S/C19H13F3N4O3S/c20-19(21,22)12-3-6-14-11(7-12)8-23-16(24-14)17(29)25-26-15(28)9-30-18(26)10-1-4-13(27)5-2-10/h1-8,18,27H,9H2,(H,25,29). The van der Waals surface area contributed by atoms with Gasteiger partial charge in [-0.25, -0.2) is 15.0 Å². The fourth-order valence-electron chi connectivity index (χ4n) is 2.91. The molecule has 0 aliphatic carbocycles. The molecule has 1 aliphatic heterocycles. The third-order valence-corrected chi connectivity index (χ3v) is 5.59. The van der Waals surface area contributed by atoms with Crippen molar-refractivity contribution < 1.29 is 27.9 Å². The lowest BCUT2D eigenvalue weighted by atomic mass is 10.1. The van der Waals surface area contributed by atoms with Crippen LogP contribution in [0.5, 0.6) is 5.75 Å². The van der Waals surface area contributed by atoms with Crippen molar-refractivity contribution in [2.75, 3.05) is 5.75 Å². The molecule has 11 heteroatoms. The number of phenolic OH excluding ortho intramolecular Hbond substituents is 1. The summed E-state index contributed by atoms with van der Waals surface area (Å²) < 4.78 is 38.5. The second-order valence-corrected chi connectivity index (χ2v) is 7.49. The molecular formula is C19H13F3N4O3S. The predicted octanol–water partition coefficient (Wildman–Crippen LogP) is 3.27. The van der Waals surface area contributed by atoms with Crippen molar-refractivity contribution >= 4 is 34.5 Å². The highest BCUT2D eigenvalue weighted by molar-refractivity contribution is 8.00. The van der Waals surface area contributed by atoms with Crippen LogP contribution in [0.2, 0.25) is 0 Å². The Morgan fingerprint density at radius 1 is 1.20 bits per heavy atom. The zero-order valence-corrected chi connectivity index (χ0v) is 15.9. The van der Waals surface area contributed by atoms with Crippen molar-refractivity contribution in [1.29, 1.82) is 0 Å². The van der Waals surface area contributed by atoms with Crippen LogP contribution in [0, 0.1) is 0 Å². The van der Waals surface area contributed by atoms with Crippen molar-refractivity contribution in [3.63, 3.8) is 0 Å². The smallest absolute Gasteiger partial charge is 0.416 e. The number of hydrogen-bond acceptors (Lipinski definition) is 6. The molecule has 1 aliphatic rings. The van der Waals surface area contributed by atoms with E-state index in [1.165, 1.54) is 23.9 Å². The molecule has 0 bridgehead atoms. The summed E-state index contributed by atoms with van der Waals surface area (Å²) >= 11 is 1.29. The van der Waals surface area contributed by atoms with E-state index in [2.05, 4.69) is 15.4 Å². The highest BCUT2D eigenvalue weighted by Crippen LogP contribution is 2.37. The number of alkyl halides is 3. The molecule has 1 fully saturated rings. The monoisotopic (exact) mass is 434 g/mol. The first-order chi connectivity index (χ1) is 14.2. The average Bonchev–Trinajstić information content (AvgIpc) is 3.07. The van der Waals surface area contributed by atoms with E-state index in [0.29, 0.717) is 5.56 Å². The number of amides is 2. The number of rotatable bonds is 3. The number of hydrazine groups is 1. The van der Waals surface area contributed by atoms with Crippen molar-refractivity contribution in [3.8, 4) is 5.75 Å². The van der Waals surface area contributed by atoms with Gasteiger partial charge in [-0.2, -0.15) is 13.2 Å². The molecule has 3 aromatic rings. The van der Waals surface area contributed by atoms with Crippen LogP contribution in [0.15, 0.2) is 48.7 Å². The number of nitrogens with one attached hydrogen (secondary N) is 1. The van der Waals surface area contributed by atoms with Gasteiger partial charge in [0.05, 0.1) is 16.8 Å². The lowest BCUT2D eigenvalue weighted by molar-refractivity contribution is -0.137. The van der Waals surface area contributed by atoms with E-state index in [0.717, 1.165) is 29.4 Å². The topological polar surface area (TPSA) is 95.4 Å². The summed E-state index contributed by atoms with van der Waals surface area (Å²) in [7, 11) is 0. The van der Waals surface area contributed by atoms with Crippen LogP contribution in [0.4, 0.5) is 13.2 Å². The quantitative estimate of drug-likeness (QED) is 0.657. The van der Waals surface area contributed by atoms with Gasteiger partial charge < -0.3 is 5.11 Å². The lowest BCUT2D eigenvalue weighted by Gasteiger charge is -2.24. The number of aromatic nitrogens is 2. The third kappa shape index (κ3) is 3.88. The van der Waals surface area contributed by atoms with Crippen LogP contribution in [0.3, 0.4) is 0 Å².